The second-order valence-electron chi connectivity index (χ2n) is 6.28. The molecule has 134 valence electrons. The highest BCUT2D eigenvalue weighted by atomic mass is 16.5. The maximum atomic E-state index is 12.2. The zero-order valence-electron chi connectivity index (χ0n) is 15.7. The van der Waals surface area contributed by atoms with Crippen LogP contribution < -0.4 is 14.8 Å². The largest absolute Gasteiger partial charge is 0.494 e. The van der Waals surface area contributed by atoms with Crippen molar-refractivity contribution in [3.05, 3.63) is 58.7 Å². The van der Waals surface area contributed by atoms with E-state index < -0.39 is 0 Å². The van der Waals surface area contributed by atoms with Gasteiger partial charge in [0, 0.05) is 0 Å². The minimum Gasteiger partial charge on any atom is -0.494 e. The van der Waals surface area contributed by atoms with Gasteiger partial charge in [-0.15, -0.1) is 0 Å². The van der Waals surface area contributed by atoms with Gasteiger partial charge in [0.1, 0.15) is 11.5 Å². The molecule has 25 heavy (non-hydrogen) atoms. The first kappa shape index (κ1) is 18.8. The normalized spacial score (nSPS) is 11.7. The molecule has 0 unspecified atom stereocenters. The zero-order chi connectivity index (χ0) is 18.4. The average Bonchev–Trinajstić information content (AvgIpc) is 2.57. The summed E-state index contributed by atoms with van der Waals surface area (Å²) < 4.78 is 11.1. The number of hydrogen-bond donors (Lipinski definition) is 1. The summed E-state index contributed by atoms with van der Waals surface area (Å²) in [6.45, 7) is 10.6. The topological polar surface area (TPSA) is 47.6 Å². The Hall–Kier alpha value is -2.49. The summed E-state index contributed by atoms with van der Waals surface area (Å²) in [6.07, 6.45) is 0. The maximum absolute atomic E-state index is 12.2. The Balaban J connectivity index is 1.91. The first-order valence-corrected chi connectivity index (χ1v) is 8.63. The number of aryl methyl sites for hydroxylation is 2. The monoisotopic (exact) mass is 341 g/mol. The molecule has 0 aliphatic carbocycles. The molecule has 2 aromatic rings. The standard InChI is InChI=1S/C21H27NO3/c1-6-24-19-9-7-18(8-10-19)17(5)22-21(23)13-25-20-12-14(2)11-15(3)16(20)4/h7-12,17H,6,13H2,1-5H3,(H,22,23)/t17-/m1/s1. The lowest BCUT2D eigenvalue weighted by Crippen LogP contribution is -2.31. The molecule has 4 heteroatoms. The van der Waals surface area contributed by atoms with E-state index >= 15 is 0 Å². The van der Waals surface area contributed by atoms with Gasteiger partial charge < -0.3 is 14.8 Å². The van der Waals surface area contributed by atoms with Crippen molar-refractivity contribution in [3.63, 3.8) is 0 Å². The molecule has 4 nitrogen and oxygen atoms in total. The molecular weight excluding hydrogens is 314 g/mol. The van der Waals surface area contributed by atoms with Crippen molar-refractivity contribution in [1.82, 2.24) is 5.32 Å². The minimum atomic E-state index is -0.139. The Kier molecular flexibility index (Phi) is 6.45. The van der Waals surface area contributed by atoms with Crippen LogP contribution in [-0.2, 0) is 4.79 Å². The second-order valence-corrected chi connectivity index (χ2v) is 6.28. The van der Waals surface area contributed by atoms with E-state index in [1.807, 2.05) is 65.0 Å². The Bertz CT molecular complexity index is 723. The molecule has 1 atom stereocenters. The molecule has 0 saturated heterocycles. The lowest BCUT2D eigenvalue weighted by molar-refractivity contribution is -0.123. The van der Waals surface area contributed by atoms with E-state index in [-0.39, 0.29) is 18.6 Å². The Morgan fingerprint density at radius 2 is 1.76 bits per heavy atom. The van der Waals surface area contributed by atoms with Crippen LogP contribution in [0.15, 0.2) is 36.4 Å². The Morgan fingerprint density at radius 3 is 2.40 bits per heavy atom. The fraction of sp³-hybridized carbons (Fsp3) is 0.381. The fourth-order valence-corrected chi connectivity index (χ4v) is 2.68. The van der Waals surface area contributed by atoms with E-state index in [1.165, 1.54) is 0 Å². The molecule has 0 bridgehead atoms. The van der Waals surface area contributed by atoms with Gasteiger partial charge in [0.05, 0.1) is 12.6 Å². The third-order valence-electron chi connectivity index (χ3n) is 4.19. The SMILES string of the molecule is CCOc1ccc([C@@H](C)NC(=O)COc2cc(C)cc(C)c2C)cc1. The summed E-state index contributed by atoms with van der Waals surface area (Å²) in [4.78, 5) is 12.2. The highest BCUT2D eigenvalue weighted by molar-refractivity contribution is 5.78. The summed E-state index contributed by atoms with van der Waals surface area (Å²) >= 11 is 0. The van der Waals surface area contributed by atoms with Gasteiger partial charge in [-0.2, -0.15) is 0 Å². The second kappa shape index (κ2) is 8.56. The molecule has 2 aromatic carbocycles. The Labute approximate surface area is 150 Å². The van der Waals surface area contributed by atoms with Crippen molar-refractivity contribution >= 4 is 5.91 Å². The minimum absolute atomic E-state index is 0.00506. The molecule has 0 fully saturated rings. The highest BCUT2D eigenvalue weighted by Crippen LogP contribution is 2.23. The first-order chi connectivity index (χ1) is 11.9. The molecule has 0 radical (unpaired) electrons. The van der Waals surface area contributed by atoms with Crippen molar-refractivity contribution in [3.8, 4) is 11.5 Å². The molecule has 0 heterocycles. The number of carbonyl (C=O) groups excluding carboxylic acids is 1. The molecule has 0 aliphatic rings. The van der Waals surface area contributed by atoms with Crippen molar-refractivity contribution in [2.24, 2.45) is 0 Å². The number of hydrogen-bond acceptors (Lipinski definition) is 3. The summed E-state index contributed by atoms with van der Waals surface area (Å²) in [7, 11) is 0. The molecule has 0 spiro atoms. The van der Waals surface area contributed by atoms with Crippen LogP contribution in [0.5, 0.6) is 11.5 Å². The number of ether oxygens (including phenoxy) is 2. The van der Waals surface area contributed by atoms with Gasteiger partial charge in [0.25, 0.3) is 5.91 Å². The van der Waals surface area contributed by atoms with Crippen LogP contribution in [0, 0.1) is 20.8 Å². The van der Waals surface area contributed by atoms with Gasteiger partial charge in [-0.3, -0.25) is 4.79 Å². The van der Waals surface area contributed by atoms with Crippen molar-refractivity contribution in [1.29, 1.82) is 0 Å². The van der Waals surface area contributed by atoms with E-state index in [1.54, 1.807) is 0 Å². The van der Waals surface area contributed by atoms with Crippen molar-refractivity contribution in [2.75, 3.05) is 13.2 Å². The molecule has 1 N–H and O–H groups in total. The third kappa shape index (κ3) is 5.24. The third-order valence-corrected chi connectivity index (χ3v) is 4.19. The lowest BCUT2D eigenvalue weighted by Gasteiger charge is -2.16. The van der Waals surface area contributed by atoms with Crippen LogP contribution in [0.1, 0.15) is 42.1 Å². The van der Waals surface area contributed by atoms with E-state index in [0.717, 1.165) is 33.8 Å². The number of carbonyl (C=O) groups is 1. The molecule has 0 saturated carbocycles. The van der Waals surface area contributed by atoms with E-state index in [4.69, 9.17) is 9.47 Å². The summed E-state index contributed by atoms with van der Waals surface area (Å²) in [5, 5.41) is 2.96. The van der Waals surface area contributed by atoms with Gasteiger partial charge in [0.15, 0.2) is 6.61 Å². The lowest BCUT2D eigenvalue weighted by atomic mass is 10.1. The predicted molar refractivity (Wildman–Crippen MR) is 100 cm³/mol. The number of rotatable bonds is 7. The van der Waals surface area contributed by atoms with Crippen LogP contribution in [0.4, 0.5) is 0 Å². The molecule has 1 amide bonds. The van der Waals surface area contributed by atoms with E-state index in [2.05, 4.69) is 11.4 Å². The van der Waals surface area contributed by atoms with Gasteiger partial charge in [0.2, 0.25) is 0 Å². The summed E-state index contributed by atoms with van der Waals surface area (Å²) in [6, 6.07) is 11.7. The van der Waals surface area contributed by atoms with Crippen LogP contribution in [0.3, 0.4) is 0 Å². The van der Waals surface area contributed by atoms with E-state index in [0.29, 0.717) is 6.61 Å². The fourth-order valence-electron chi connectivity index (χ4n) is 2.68. The van der Waals surface area contributed by atoms with Crippen LogP contribution in [-0.4, -0.2) is 19.1 Å². The molecular formula is C21H27NO3. The quantitative estimate of drug-likeness (QED) is 0.818. The highest BCUT2D eigenvalue weighted by Gasteiger charge is 2.12. The first-order valence-electron chi connectivity index (χ1n) is 8.63. The van der Waals surface area contributed by atoms with Crippen molar-refractivity contribution in [2.45, 2.75) is 40.7 Å². The molecule has 2 rings (SSSR count). The van der Waals surface area contributed by atoms with Crippen molar-refractivity contribution < 1.29 is 14.3 Å². The van der Waals surface area contributed by atoms with E-state index in [9.17, 15) is 4.79 Å². The van der Waals surface area contributed by atoms with Gasteiger partial charge in [-0.05, 0) is 75.1 Å². The summed E-state index contributed by atoms with van der Waals surface area (Å²) in [5.41, 5.74) is 4.39. The van der Waals surface area contributed by atoms with Crippen LogP contribution in [0.2, 0.25) is 0 Å². The zero-order valence-corrected chi connectivity index (χ0v) is 15.7. The smallest absolute Gasteiger partial charge is 0.258 e. The van der Waals surface area contributed by atoms with Gasteiger partial charge >= 0.3 is 0 Å². The van der Waals surface area contributed by atoms with Crippen LogP contribution >= 0.6 is 0 Å². The van der Waals surface area contributed by atoms with Crippen LogP contribution in [0.25, 0.3) is 0 Å². The number of amides is 1. The molecule has 0 aromatic heterocycles. The predicted octanol–water partition coefficient (Wildman–Crippen LogP) is 4.27. The molecule has 0 aliphatic heterocycles. The van der Waals surface area contributed by atoms with Gasteiger partial charge in [-0.25, -0.2) is 0 Å². The van der Waals surface area contributed by atoms with Gasteiger partial charge in [-0.1, -0.05) is 18.2 Å². The summed E-state index contributed by atoms with van der Waals surface area (Å²) in [5.74, 6) is 1.46. The Morgan fingerprint density at radius 1 is 1.08 bits per heavy atom. The maximum Gasteiger partial charge on any atom is 0.258 e. The number of nitrogens with one attached hydrogen (secondary N) is 1. The average molecular weight is 341 g/mol. The number of benzene rings is 2.